The Balaban J connectivity index is 0.993. The molecule has 6 aliphatic heterocycles. The molecule has 0 N–H and O–H groups in total. The second-order valence-corrected chi connectivity index (χ2v) is 23.1. The Kier molecular flexibility index (Phi) is 9.04. The summed E-state index contributed by atoms with van der Waals surface area (Å²) < 4.78 is 131. The molecule has 74 heavy (non-hydrogen) atoms. The highest BCUT2D eigenvalue weighted by Gasteiger charge is 2.58. The topological polar surface area (TPSA) is 179 Å². The summed E-state index contributed by atoms with van der Waals surface area (Å²) in [5.41, 5.74) is 6.79. The first-order chi connectivity index (χ1) is 36.0. The Bertz CT molecular complexity index is 3970. The monoisotopic (exact) mass is 1060 g/mol. The van der Waals surface area contributed by atoms with Crippen LogP contribution in [-0.4, -0.2) is 0 Å². The van der Waals surface area contributed by atoms with Gasteiger partial charge in [-0.2, -0.15) is 18.3 Å². The van der Waals surface area contributed by atoms with Crippen LogP contribution in [0.1, 0.15) is 0 Å². The molecule has 0 aromatic heterocycles. The summed E-state index contributed by atoms with van der Waals surface area (Å²) in [6, 6.07) is 55.1. The molecule has 6 aliphatic rings. The van der Waals surface area contributed by atoms with Crippen LogP contribution in [-0.2, 0) is 18.3 Å². The molecule has 3 atom stereocenters. The van der Waals surface area contributed by atoms with E-state index in [1.807, 2.05) is 97.1 Å². The number of fused-ring (bicyclic) bond motifs is 3. The zero-order valence-corrected chi connectivity index (χ0v) is 41.2. The van der Waals surface area contributed by atoms with E-state index in [-0.39, 0.29) is 74.6 Å². The fourth-order valence-corrected chi connectivity index (χ4v) is 14.9. The Morgan fingerprint density at radius 3 is 1.11 bits per heavy atom. The van der Waals surface area contributed by atoms with E-state index in [0.717, 1.165) is 22.3 Å². The first-order valence-corrected chi connectivity index (χ1v) is 28.7. The van der Waals surface area contributed by atoms with Crippen LogP contribution < -0.4 is 54.3 Å². The zero-order valence-electron chi connectivity index (χ0n) is 37.6. The summed E-state index contributed by atoms with van der Waals surface area (Å²) in [4.78, 5) is 0. The number of benzene rings is 9. The van der Waals surface area contributed by atoms with Crippen molar-refractivity contribution in [1.82, 2.24) is 0 Å². The van der Waals surface area contributed by atoms with Gasteiger partial charge in [0.05, 0.1) is 0 Å². The van der Waals surface area contributed by atoms with Gasteiger partial charge < -0.3 is 54.3 Å². The highest BCUT2D eigenvalue weighted by molar-refractivity contribution is 7.51. The molecule has 0 spiro atoms. The zero-order chi connectivity index (χ0) is 49.6. The maximum absolute atomic E-state index is 16.6. The minimum Gasteiger partial charge on any atom is -0.382 e. The Labute approximate surface area is 419 Å². The molecule has 0 saturated heterocycles. The number of hydrogen-bond acceptors (Lipinski definition) is 16. The second kappa shape index (κ2) is 15.5. The van der Waals surface area contributed by atoms with Crippen LogP contribution in [0.25, 0.3) is 66.8 Å². The average Bonchev–Trinajstić information content (AvgIpc) is 4.30. The van der Waals surface area contributed by atoms with E-state index in [4.69, 9.17) is 54.3 Å². The van der Waals surface area contributed by atoms with Gasteiger partial charge in [0.1, 0.15) is 0 Å². The predicted octanol–water partition coefficient (Wildman–Crippen LogP) is 16.1. The molecule has 0 fully saturated rings. The quantitative estimate of drug-likeness (QED) is 0.105. The molecule has 362 valence electrons. The van der Waals surface area contributed by atoms with Crippen molar-refractivity contribution >= 4 is 31.3 Å². The molecular weight excluding hydrogens is 1030 g/mol. The van der Waals surface area contributed by atoms with Crippen molar-refractivity contribution in [2.24, 2.45) is 0 Å². The van der Waals surface area contributed by atoms with Gasteiger partial charge in [-0.3, -0.25) is 0 Å². The lowest BCUT2D eigenvalue weighted by molar-refractivity contribution is 0.283. The van der Waals surface area contributed by atoms with Crippen molar-refractivity contribution < 1.29 is 72.5 Å². The van der Waals surface area contributed by atoms with Gasteiger partial charge in [0.15, 0.2) is 34.5 Å². The van der Waals surface area contributed by atoms with E-state index in [0.29, 0.717) is 38.9 Å². The van der Waals surface area contributed by atoms with E-state index >= 15 is 4.57 Å². The van der Waals surface area contributed by atoms with Gasteiger partial charge in [-0.25, -0.2) is 0 Å². The van der Waals surface area contributed by atoms with Crippen LogP contribution >= 0.6 is 31.3 Å². The standard InChI is InChI=1S/C54H30O16P4/c55-71(59-40-29-38(32-19-8-2-9-20-32)45-51-47(40)63-72(56,61-45)67-51,60-41-30-39(33-21-10-3-11-22-33)46-52-48(41)64-73(57,62-46)68-52)65-49-43(35-25-14-5-15-26-35)44(50-54-53(49)69-74(58,66-50)70-54)37-28-16-27-36(31-17-6-1-7-18-31)42(37)34-23-12-4-13-24-34/h1-30H. The van der Waals surface area contributed by atoms with Crippen molar-refractivity contribution in [2.75, 3.05) is 0 Å². The number of phosphoric ester groups is 4. The van der Waals surface area contributed by atoms with Crippen LogP contribution in [0.3, 0.4) is 0 Å². The molecule has 0 aliphatic carbocycles. The molecule has 0 saturated carbocycles. The van der Waals surface area contributed by atoms with E-state index in [2.05, 4.69) is 0 Å². The molecule has 9 aromatic rings. The summed E-state index contributed by atoms with van der Waals surface area (Å²) in [6.45, 7) is 0. The summed E-state index contributed by atoms with van der Waals surface area (Å²) in [6.07, 6.45) is 0. The maximum Gasteiger partial charge on any atom is 0.647 e. The van der Waals surface area contributed by atoms with Gasteiger partial charge in [0.2, 0.25) is 34.5 Å². The smallest absolute Gasteiger partial charge is 0.382 e. The highest BCUT2D eigenvalue weighted by atomic mass is 31.2. The Morgan fingerprint density at radius 2 is 0.649 bits per heavy atom. The number of hydrogen-bond donors (Lipinski definition) is 0. The van der Waals surface area contributed by atoms with Crippen LogP contribution in [0.15, 0.2) is 182 Å². The molecule has 0 amide bonds. The molecule has 9 aromatic carbocycles. The van der Waals surface area contributed by atoms with E-state index in [1.54, 1.807) is 72.8 Å². The lowest BCUT2D eigenvalue weighted by atomic mass is 9.84. The lowest BCUT2D eigenvalue weighted by Crippen LogP contribution is -2.12. The van der Waals surface area contributed by atoms with Crippen LogP contribution in [0, 0.1) is 0 Å². The van der Waals surface area contributed by atoms with Crippen molar-refractivity contribution in [3.63, 3.8) is 0 Å². The van der Waals surface area contributed by atoms with Crippen molar-refractivity contribution in [3.8, 4) is 136 Å². The number of phosphoric acid groups is 4. The largest absolute Gasteiger partial charge is 0.647 e. The van der Waals surface area contributed by atoms with E-state index in [1.165, 1.54) is 12.1 Å². The molecule has 16 nitrogen and oxygen atoms in total. The first-order valence-electron chi connectivity index (χ1n) is 22.8. The van der Waals surface area contributed by atoms with Gasteiger partial charge in [0.25, 0.3) is 0 Å². The molecule has 15 rings (SSSR count). The predicted molar refractivity (Wildman–Crippen MR) is 270 cm³/mol. The fraction of sp³-hybridized carbons (Fsp3) is 0. The normalized spacial score (nSPS) is 20.5. The number of rotatable bonds is 12. The van der Waals surface area contributed by atoms with Gasteiger partial charge in [-0.05, 0) is 56.6 Å². The van der Waals surface area contributed by atoms with Crippen molar-refractivity contribution in [2.45, 2.75) is 0 Å². The Morgan fingerprint density at radius 1 is 0.297 bits per heavy atom. The highest BCUT2D eigenvalue weighted by Crippen LogP contribution is 2.79. The molecule has 20 heteroatoms. The van der Waals surface area contributed by atoms with Crippen molar-refractivity contribution in [1.29, 1.82) is 0 Å². The second-order valence-electron chi connectivity index (χ2n) is 17.3. The maximum atomic E-state index is 16.6. The third-order valence-corrected chi connectivity index (χ3v) is 17.7. The molecule has 6 bridgehead atoms. The van der Waals surface area contributed by atoms with Crippen LogP contribution in [0.5, 0.6) is 69.0 Å². The van der Waals surface area contributed by atoms with Crippen molar-refractivity contribution in [3.05, 3.63) is 182 Å². The third kappa shape index (κ3) is 6.62. The minimum atomic E-state index is -5.46. The molecule has 3 unspecified atom stereocenters. The van der Waals surface area contributed by atoms with E-state index in [9.17, 15) is 13.7 Å². The fourth-order valence-electron chi connectivity index (χ4n) is 9.77. The van der Waals surface area contributed by atoms with Gasteiger partial charge in [0, 0.05) is 22.3 Å². The Hall–Kier alpha value is -8.50. The van der Waals surface area contributed by atoms with Gasteiger partial charge >= 0.3 is 31.3 Å². The van der Waals surface area contributed by atoms with Gasteiger partial charge in [-0.1, -0.05) is 170 Å². The van der Waals surface area contributed by atoms with E-state index < -0.39 is 31.3 Å². The first kappa shape index (κ1) is 43.1. The van der Waals surface area contributed by atoms with Gasteiger partial charge in [-0.15, -0.1) is 0 Å². The van der Waals surface area contributed by atoms with Crippen LogP contribution in [0.2, 0.25) is 0 Å². The summed E-state index contributed by atoms with van der Waals surface area (Å²) in [5, 5.41) is 0. The summed E-state index contributed by atoms with van der Waals surface area (Å²) in [5.74, 6) is -1.57. The lowest BCUT2D eigenvalue weighted by Gasteiger charge is -2.27. The minimum absolute atomic E-state index is 0.0774. The molecular formula is C54H30O16P4. The molecule has 6 heterocycles. The summed E-state index contributed by atoms with van der Waals surface area (Å²) >= 11 is 0. The average molecular weight is 1060 g/mol. The SMILES string of the molecule is O=P12Oc3c(OP(=O)(Oc4cc(-c5ccccc5)c5c6c4OP(=O)(O5)O6)Oc4c5c6c(c(-c7cccc(-c8ccccc8)c7-c7ccccc7)c4-c4ccccc4)OP(=O)(O5)O6)cc(-c4ccccc4)c(c3O1)O2. The third-order valence-electron chi connectivity index (χ3n) is 12.8. The summed E-state index contributed by atoms with van der Waals surface area (Å²) in [7, 11) is -18.4. The molecule has 0 radical (unpaired) electrons. The van der Waals surface area contributed by atoms with Crippen LogP contribution in [0.4, 0.5) is 0 Å².